The molecule has 10 aromatic rings. The molecule has 11 rings (SSSR count). The Morgan fingerprint density at radius 3 is 1.91 bits per heavy atom. The van der Waals surface area contributed by atoms with E-state index >= 15 is 0 Å². The quantitative estimate of drug-likeness (QED) is 0.173. The van der Waals surface area contributed by atoms with E-state index in [1.165, 1.54) is 39.1 Å². The van der Waals surface area contributed by atoms with Crippen molar-refractivity contribution in [2.45, 2.75) is 19.3 Å². The van der Waals surface area contributed by atoms with Gasteiger partial charge in [0.05, 0.1) is 33.4 Å². The minimum atomic E-state index is -0.261. The molecule has 2 heterocycles. The van der Waals surface area contributed by atoms with Crippen molar-refractivity contribution in [3.63, 3.8) is 0 Å². The Labute approximate surface area is 318 Å². The third kappa shape index (κ3) is 4.55. The van der Waals surface area contributed by atoms with Crippen LogP contribution in [0.1, 0.15) is 25.0 Å². The zero-order valence-corrected chi connectivity index (χ0v) is 30.5. The number of hydrogen-bond donors (Lipinski definition) is 0. The second kappa shape index (κ2) is 11.8. The first-order chi connectivity index (χ1) is 27.0. The fourth-order valence-electron chi connectivity index (χ4n) is 9.35. The summed E-state index contributed by atoms with van der Waals surface area (Å²) < 4.78 is 19.5. The van der Waals surface area contributed by atoms with Crippen LogP contribution in [0.5, 0.6) is 0 Å². The summed E-state index contributed by atoms with van der Waals surface area (Å²) in [5, 5.41) is 4.59. The van der Waals surface area contributed by atoms with Crippen LogP contribution in [0.25, 0.3) is 66.1 Å². The highest BCUT2D eigenvalue weighted by atomic mass is 19.1. The van der Waals surface area contributed by atoms with E-state index in [0.717, 1.165) is 61.3 Å². The molecule has 0 aliphatic heterocycles. The average molecular weight is 710 g/mol. The first-order valence-corrected chi connectivity index (χ1v) is 18.9. The highest BCUT2D eigenvalue weighted by Crippen LogP contribution is 2.52. The van der Waals surface area contributed by atoms with Crippen LogP contribution in [0, 0.1) is 5.82 Å². The summed E-state index contributed by atoms with van der Waals surface area (Å²) in [5.74, 6) is -0.261. The number of rotatable bonds is 5. The minimum Gasteiger partial charge on any atom is -0.309 e. The largest absolute Gasteiger partial charge is 0.309 e. The first kappa shape index (κ1) is 31.6. The van der Waals surface area contributed by atoms with Gasteiger partial charge in [0, 0.05) is 44.0 Å². The Morgan fingerprint density at radius 2 is 1.07 bits per heavy atom. The maximum Gasteiger partial charge on any atom is 0.125 e. The highest BCUT2D eigenvalue weighted by molar-refractivity contribution is 6.19. The van der Waals surface area contributed by atoms with Gasteiger partial charge >= 0.3 is 0 Å². The maximum absolute atomic E-state index is 14.9. The van der Waals surface area contributed by atoms with Crippen molar-refractivity contribution in [2.75, 3.05) is 4.90 Å². The SMILES string of the molecule is CC1(C)c2ccccc2-c2ccc(N(c3cccc4c3c3ccccc3n4-c3cccc(F)c3)c3cccc4c5ccccc5n(-c5ccccc5)c34)cc21. The molecule has 0 radical (unpaired) electrons. The maximum atomic E-state index is 14.9. The standard InChI is InChI=1S/C51H36FN3/c1-51(2)42-23-9-6-19-37(42)38-30-29-36(32-43(38)51)54(48-28-13-22-40-39-20-7-10-24-44(39)55(50(40)48)34-16-4-3-5-17-34)47-27-14-26-46-49(47)41-21-8-11-25-45(41)53(46)35-18-12-15-33(52)31-35/h3-32H,1-2H3. The molecule has 1 aliphatic rings. The van der Waals surface area contributed by atoms with E-state index in [1.807, 2.05) is 6.07 Å². The number of fused-ring (bicyclic) bond motifs is 9. The van der Waals surface area contributed by atoms with Crippen molar-refractivity contribution in [1.29, 1.82) is 0 Å². The zero-order valence-electron chi connectivity index (χ0n) is 30.5. The summed E-state index contributed by atoms with van der Waals surface area (Å²) in [4.78, 5) is 2.46. The van der Waals surface area contributed by atoms with Gasteiger partial charge in [-0.25, -0.2) is 4.39 Å². The monoisotopic (exact) mass is 709 g/mol. The molecule has 0 N–H and O–H groups in total. The van der Waals surface area contributed by atoms with E-state index in [4.69, 9.17) is 0 Å². The van der Waals surface area contributed by atoms with Crippen molar-refractivity contribution in [1.82, 2.24) is 9.13 Å². The number of aromatic nitrogens is 2. The molecule has 0 unspecified atom stereocenters. The second-order valence-electron chi connectivity index (χ2n) is 15.1. The van der Waals surface area contributed by atoms with E-state index < -0.39 is 0 Å². The lowest BCUT2D eigenvalue weighted by Crippen LogP contribution is -2.17. The predicted molar refractivity (Wildman–Crippen MR) is 227 cm³/mol. The van der Waals surface area contributed by atoms with Crippen LogP contribution in [0.2, 0.25) is 0 Å². The van der Waals surface area contributed by atoms with E-state index in [1.54, 1.807) is 12.1 Å². The fourth-order valence-corrected chi connectivity index (χ4v) is 9.35. The summed E-state index contributed by atoms with van der Waals surface area (Å²) >= 11 is 0. The number of nitrogens with zero attached hydrogens (tertiary/aromatic N) is 3. The van der Waals surface area contributed by atoms with Gasteiger partial charge in [0.1, 0.15) is 5.82 Å². The van der Waals surface area contributed by atoms with Crippen LogP contribution < -0.4 is 4.90 Å². The molecule has 1 aliphatic carbocycles. The molecule has 3 nitrogen and oxygen atoms in total. The molecular weight excluding hydrogens is 674 g/mol. The third-order valence-corrected chi connectivity index (χ3v) is 11.7. The van der Waals surface area contributed by atoms with Crippen molar-refractivity contribution >= 4 is 60.7 Å². The molecule has 4 heteroatoms. The molecule has 0 saturated carbocycles. The Bertz CT molecular complexity index is 3150. The first-order valence-electron chi connectivity index (χ1n) is 18.9. The summed E-state index contributed by atoms with van der Waals surface area (Å²) in [5.41, 5.74) is 14.5. The van der Waals surface area contributed by atoms with Crippen LogP contribution in [-0.4, -0.2) is 9.13 Å². The lowest BCUT2D eigenvalue weighted by atomic mass is 9.82. The molecule has 0 saturated heterocycles. The van der Waals surface area contributed by atoms with Gasteiger partial charge in [0.25, 0.3) is 0 Å². The molecule has 0 spiro atoms. The fraction of sp³-hybridized carbons (Fsp3) is 0.0588. The summed E-state index contributed by atoms with van der Waals surface area (Å²) in [6.45, 7) is 4.68. The Hall–Kier alpha value is -6.91. The molecule has 8 aromatic carbocycles. The number of benzene rings is 8. The van der Waals surface area contributed by atoms with Crippen molar-refractivity contribution < 1.29 is 4.39 Å². The zero-order chi connectivity index (χ0) is 36.8. The van der Waals surface area contributed by atoms with Gasteiger partial charge in [0.15, 0.2) is 0 Å². The second-order valence-corrected chi connectivity index (χ2v) is 15.1. The highest BCUT2D eigenvalue weighted by Gasteiger charge is 2.36. The number of halogens is 1. The number of hydrogen-bond acceptors (Lipinski definition) is 1. The van der Waals surface area contributed by atoms with Gasteiger partial charge in [0.2, 0.25) is 0 Å². The van der Waals surface area contributed by atoms with Crippen LogP contribution in [0.3, 0.4) is 0 Å². The van der Waals surface area contributed by atoms with Crippen molar-refractivity contribution in [3.8, 4) is 22.5 Å². The molecule has 0 bridgehead atoms. The van der Waals surface area contributed by atoms with E-state index in [0.29, 0.717) is 0 Å². The van der Waals surface area contributed by atoms with E-state index in [-0.39, 0.29) is 11.2 Å². The average Bonchev–Trinajstić information content (AvgIpc) is 3.83. The van der Waals surface area contributed by atoms with Crippen molar-refractivity contribution in [3.05, 3.63) is 199 Å². The smallest absolute Gasteiger partial charge is 0.125 e. The van der Waals surface area contributed by atoms with Gasteiger partial charge in [-0.15, -0.1) is 0 Å². The van der Waals surface area contributed by atoms with Gasteiger partial charge in [-0.3, -0.25) is 0 Å². The molecule has 0 fully saturated rings. The molecule has 55 heavy (non-hydrogen) atoms. The van der Waals surface area contributed by atoms with Gasteiger partial charge in [-0.05, 0) is 95.1 Å². The Balaban J connectivity index is 1.28. The van der Waals surface area contributed by atoms with Crippen LogP contribution in [0.15, 0.2) is 182 Å². The normalized spacial score (nSPS) is 13.1. The molecule has 0 amide bonds. The number of anilines is 3. The van der Waals surface area contributed by atoms with Gasteiger partial charge in [-0.1, -0.05) is 123 Å². The number of para-hydroxylation sites is 4. The van der Waals surface area contributed by atoms with Crippen molar-refractivity contribution in [2.24, 2.45) is 0 Å². The van der Waals surface area contributed by atoms with Crippen LogP contribution in [-0.2, 0) is 5.41 Å². The lowest BCUT2D eigenvalue weighted by molar-refractivity contribution is 0.627. The third-order valence-electron chi connectivity index (χ3n) is 11.7. The molecular formula is C51H36FN3. The Morgan fingerprint density at radius 1 is 0.455 bits per heavy atom. The summed E-state index contributed by atoms with van der Waals surface area (Å²) in [6, 6.07) is 63.8. The molecule has 0 atom stereocenters. The summed E-state index contributed by atoms with van der Waals surface area (Å²) in [6.07, 6.45) is 0. The molecule has 2 aromatic heterocycles. The van der Waals surface area contributed by atoms with Crippen LogP contribution >= 0.6 is 0 Å². The molecule has 262 valence electrons. The Kier molecular flexibility index (Phi) is 6.78. The minimum absolute atomic E-state index is 0.183. The predicted octanol–water partition coefficient (Wildman–Crippen LogP) is 13.8. The van der Waals surface area contributed by atoms with E-state index in [2.05, 4.69) is 186 Å². The van der Waals surface area contributed by atoms with Gasteiger partial charge < -0.3 is 14.0 Å². The van der Waals surface area contributed by atoms with E-state index in [9.17, 15) is 4.39 Å². The van der Waals surface area contributed by atoms with Gasteiger partial charge in [-0.2, -0.15) is 0 Å². The topological polar surface area (TPSA) is 13.1 Å². The summed E-state index contributed by atoms with van der Waals surface area (Å²) in [7, 11) is 0. The van der Waals surface area contributed by atoms with Crippen LogP contribution in [0.4, 0.5) is 21.5 Å². The lowest BCUT2D eigenvalue weighted by Gasteiger charge is -2.30.